The van der Waals surface area contributed by atoms with Crippen LogP contribution in [0.2, 0.25) is 0 Å². The largest absolute Gasteiger partial charge is 0.486 e. The SMILES string of the molecule is O=C(Nc1ccc2c(c1)OCCO2)N1CCc2c(sc3c2CCCC3)[C@H]1c1ccccc1. The molecule has 2 aliphatic heterocycles. The molecule has 2 amide bonds. The van der Waals surface area contributed by atoms with Crippen molar-refractivity contribution in [1.29, 1.82) is 0 Å². The van der Waals surface area contributed by atoms with E-state index in [-0.39, 0.29) is 12.1 Å². The molecule has 5 nitrogen and oxygen atoms in total. The van der Waals surface area contributed by atoms with Gasteiger partial charge < -0.3 is 19.7 Å². The molecule has 0 spiro atoms. The van der Waals surface area contributed by atoms with E-state index in [0.29, 0.717) is 25.5 Å². The van der Waals surface area contributed by atoms with Gasteiger partial charge in [-0.2, -0.15) is 0 Å². The maximum atomic E-state index is 13.5. The topological polar surface area (TPSA) is 50.8 Å². The standard InChI is InChI=1S/C26H26N2O3S/c29-26(27-18-10-11-21-22(16-18)31-15-14-30-21)28-13-12-20-19-8-4-5-9-23(19)32-25(20)24(28)17-6-2-1-3-7-17/h1-3,6-7,10-11,16,24H,4-5,8-9,12-15H2,(H,27,29)/t24-/m1/s1. The zero-order valence-electron chi connectivity index (χ0n) is 17.9. The Kier molecular flexibility index (Phi) is 5.02. The molecule has 0 radical (unpaired) electrons. The van der Waals surface area contributed by atoms with E-state index in [9.17, 15) is 4.79 Å². The number of rotatable bonds is 2. The van der Waals surface area contributed by atoms with Crippen molar-refractivity contribution in [2.45, 2.75) is 38.1 Å². The Balaban J connectivity index is 1.34. The number of amides is 2. The van der Waals surface area contributed by atoms with Gasteiger partial charge in [-0.15, -0.1) is 11.3 Å². The Hall–Kier alpha value is -2.99. The van der Waals surface area contributed by atoms with Gasteiger partial charge in [0.1, 0.15) is 13.2 Å². The number of urea groups is 1. The van der Waals surface area contributed by atoms with E-state index in [1.165, 1.54) is 46.6 Å². The first-order chi connectivity index (χ1) is 15.8. The lowest BCUT2D eigenvalue weighted by Gasteiger charge is -2.36. The zero-order valence-corrected chi connectivity index (χ0v) is 18.7. The van der Waals surface area contributed by atoms with Crippen molar-refractivity contribution in [1.82, 2.24) is 4.90 Å². The number of ether oxygens (including phenoxy) is 2. The van der Waals surface area contributed by atoms with Crippen molar-refractivity contribution in [2.75, 3.05) is 25.1 Å². The van der Waals surface area contributed by atoms with Crippen LogP contribution in [-0.4, -0.2) is 30.7 Å². The number of nitrogens with zero attached hydrogens (tertiary/aromatic N) is 1. The molecule has 3 aromatic rings. The molecule has 164 valence electrons. The number of hydrogen-bond donors (Lipinski definition) is 1. The quantitative estimate of drug-likeness (QED) is 0.559. The summed E-state index contributed by atoms with van der Waals surface area (Å²) in [6, 6.07) is 15.9. The molecule has 1 aromatic heterocycles. The van der Waals surface area contributed by atoms with Crippen LogP contribution in [0.4, 0.5) is 10.5 Å². The fourth-order valence-corrected chi connectivity index (χ4v) is 6.74. The van der Waals surface area contributed by atoms with Crippen LogP contribution < -0.4 is 14.8 Å². The maximum absolute atomic E-state index is 13.5. The van der Waals surface area contributed by atoms with Gasteiger partial charge in [0.2, 0.25) is 0 Å². The lowest BCUT2D eigenvalue weighted by molar-refractivity contribution is 0.171. The Labute approximate surface area is 192 Å². The van der Waals surface area contributed by atoms with Crippen molar-refractivity contribution in [3.63, 3.8) is 0 Å². The summed E-state index contributed by atoms with van der Waals surface area (Å²) in [5.74, 6) is 1.41. The molecule has 6 rings (SSSR count). The number of hydrogen-bond acceptors (Lipinski definition) is 4. The van der Waals surface area contributed by atoms with Crippen molar-refractivity contribution in [2.24, 2.45) is 0 Å². The summed E-state index contributed by atoms with van der Waals surface area (Å²) in [4.78, 5) is 18.4. The molecule has 3 heterocycles. The highest BCUT2D eigenvalue weighted by molar-refractivity contribution is 7.12. The first-order valence-electron chi connectivity index (χ1n) is 11.4. The monoisotopic (exact) mass is 446 g/mol. The number of aryl methyl sites for hydroxylation is 1. The number of anilines is 1. The van der Waals surface area contributed by atoms with Crippen LogP contribution in [0.15, 0.2) is 48.5 Å². The molecule has 1 aliphatic carbocycles. The van der Waals surface area contributed by atoms with E-state index in [1.807, 2.05) is 40.5 Å². The summed E-state index contributed by atoms with van der Waals surface area (Å²) >= 11 is 1.93. The van der Waals surface area contributed by atoms with E-state index in [4.69, 9.17) is 9.47 Å². The van der Waals surface area contributed by atoms with E-state index in [2.05, 4.69) is 29.6 Å². The van der Waals surface area contributed by atoms with Crippen LogP contribution in [0.25, 0.3) is 0 Å². The van der Waals surface area contributed by atoms with Gasteiger partial charge in [-0.3, -0.25) is 0 Å². The molecule has 1 atom stereocenters. The third-order valence-electron chi connectivity index (χ3n) is 6.64. The lowest BCUT2D eigenvalue weighted by atomic mass is 9.88. The molecule has 6 heteroatoms. The third kappa shape index (κ3) is 3.43. The number of nitrogens with one attached hydrogen (secondary N) is 1. The Morgan fingerprint density at radius 1 is 0.938 bits per heavy atom. The van der Waals surface area contributed by atoms with Crippen LogP contribution >= 0.6 is 11.3 Å². The minimum Gasteiger partial charge on any atom is -0.486 e. The van der Waals surface area contributed by atoms with Crippen molar-refractivity contribution in [3.05, 3.63) is 75.0 Å². The second-order valence-corrected chi connectivity index (χ2v) is 9.74. The number of benzene rings is 2. The number of thiophene rings is 1. The van der Waals surface area contributed by atoms with Crippen molar-refractivity contribution < 1.29 is 14.3 Å². The number of fused-ring (bicyclic) bond motifs is 4. The molecule has 2 aromatic carbocycles. The van der Waals surface area contributed by atoms with Gasteiger partial charge in [0, 0.05) is 28.1 Å². The van der Waals surface area contributed by atoms with Crippen LogP contribution in [0.3, 0.4) is 0 Å². The van der Waals surface area contributed by atoms with Crippen LogP contribution in [-0.2, 0) is 19.3 Å². The molecule has 0 saturated carbocycles. The van der Waals surface area contributed by atoms with Crippen LogP contribution in [0.5, 0.6) is 11.5 Å². The fraction of sp³-hybridized carbons (Fsp3) is 0.346. The van der Waals surface area contributed by atoms with E-state index in [0.717, 1.165) is 17.9 Å². The Morgan fingerprint density at radius 2 is 1.75 bits per heavy atom. The second-order valence-electron chi connectivity index (χ2n) is 8.60. The number of carbonyl (C=O) groups excluding carboxylic acids is 1. The van der Waals surface area contributed by atoms with Gasteiger partial charge in [-0.25, -0.2) is 4.79 Å². The smallest absolute Gasteiger partial charge is 0.322 e. The highest BCUT2D eigenvalue weighted by Crippen LogP contribution is 2.45. The molecule has 32 heavy (non-hydrogen) atoms. The minimum absolute atomic E-state index is 0.0484. The summed E-state index contributed by atoms with van der Waals surface area (Å²) in [7, 11) is 0. The average Bonchev–Trinajstić information content (AvgIpc) is 3.22. The summed E-state index contributed by atoms with van der Waals surface area (Å²) in [5.41, 5.74) is 4.97. The molecule has 0 fully saturated rings. The molecular formula is C26H26N2O3S. The highest BCUT2D eigenvalue weighted by Gasteiger charge is 2.36. The van der Waals surface area contributed by atoms with Crippen molar-refractivity contribution in [3.8, 4) is 11.5 Å². The van der Waals surface area contributed by atoms with Crippen LogP contribution in [0.1, 0.15) is 45.3 Å². The second kappa shape index (κ2) is 8.17. The van der Waals surface area contributed by atoms with Gasteiger partial charge in [0.25, 0.3) is 0 Å². The number of carbonyl (C=O) groups is 1. The summed E-state index contributed by atoms with van der Waals surface area (Å²) in [6.45, 7) is 1.79. The van der Waals surface area contributed by atoms with E-state index in [1.54, 1.807) is 5.56 Å². The molecule has 0 saturated heterocycles. The molecule has 1 N–H and O–H groups in total. The lowest BCUT2D eigenvalue weighted by Crippen LogP contribution is -2.42. The summed E-state index contributed by atoms with van der Waals surface area (Å²) in [5, 5.41) is 3.11. The maximum Gasteiger partial charge on any atom is 0.322 e. The van der Waals surface area contributed by atoms with Gasteiger partial charge in [0.15, 0.2) is 11.5 Å². The molecule has 0 bridgehead atoms. The first kappa shape index (κ1) is 19.7. The Morgan fingerprint density at radius 3 is 2.62 bits per heavy atom. The Bertz CT molecular complexity index is 1160. The predicted molar refractivity (Wildman–Crippen MR) is 126 cm³/mol. The van der Waals surface area contributed by atoms with Gasteiger partial charge in [-0.05, 0) is 60.9 Å². The van der Waals surface area contributed by atoms with Gasteiger partial charge in [-0.1, -0.05) is 30.3 Å². The van der Waals surface area contributed by atoms with E-state index < -0.39 is 0 Å². The summed E-state index contributed by atoms with van der Waals surface area (Å²) < 4.78 is 11.3. The van der Waals surface area contributed by atoms with Gasteiger partial charge in [0.05, 0.1) is 6.04 Å². The normalized spacial score (nSPS) is 19.1. The highest BCUT2D eigenvalue weighted by atomic mass is 32.1. The van der Waals surface area contributed by atoms with Gasteiger partial charge >= 0.3 is 6.03 Å². The fourth-order valence-electron chi connectivity index (χ4n) is 5.15. The average molecular weight is 447 g/mol. The van der Waals surface area contributed by atoms with Crippen LogP contribution in [0, 0.1) is 0 Å². The first-order valence-corrected chi connectivity index (χ1v) is 12.2. The molecular weight excluding hydrogens is 420 g/mol. The molecule has 0 unspecified atom stereocenters. The van der Waals surface area contributed by atoms with Crippen molar-refractivity contribution >= 4 is 23.1 Å². The third-order valence-corrected chi connectivity index (χ3v) is 8.03. The summed E-state index contributed by atoms with van der Waals surface area (Å²) in [6.07, 6.45) is 5.85. The van der Waals surface area contributed by atoms with E-state index >= 15 is 0 Å². The zero-order chi connectivity index (χ0) is 21.5. The minimum atomic E-state index is -0.0763. The molecule has 3 aliphatic rings. The predicted octanol–water partition coefficient (Wildman–Crippen LogP) is 5.58.